The van der Waals surface area contributed by atoms with E-state index in [2.05, 4.69) is 11.4 Å². The van der Waals surface area contributed by atoms with Gasteiger partial charge in [0.25, 0.3) is 0 Å². The van der Waals surface area contributed by atoms with Crippen LogP contribution in [0.25, 0.3) is 0 Å². The highest BCUT2D eigenvalue weighted by molar-refractivity contribution is 5.82. The molecule has 1 saturated heterocycles. The highest BCUT2D eigenvalue weighted by Crippen LogP contribution is 2.33. The minimum atomic E-state index is -4.23. The van der Waals surface area contributed by atoms with Crippen molar-refractivity contribution in [2.24, 2.45) is 11.8 Å². The summed E-state index contributed by atoms with van der Waals surface area (Å²) in [6.07, 6.45) is -3.70. The molecule has 1 amide bonds. The highest BCUT2D eigenvalue weighted by Gasteiger charge is 2.43. The molecule has 126 valence electrons. The molecule has 1 rings (SSSR count). The number of amides is 1. The van der Waals surface area contributed by atoms with E-state index < -0.39 is 29.6 Å². The zero-order valence-corrected chi connectivity index (χ0v) is 13.5. The van der Waals surface area contributed by atoms with E-state index in [1.807, 2.05) is 13.8 Å². The number of rotatable bonds is 4. The van der Waals surface area contributed by atoms with Gasteiger partial charge in [0.05, 0.1) is 18.0 Å². The predicted octanol–water partition coefficient (Wildman–Crippen LogP) is 2.70. The average molecular weight is 319 g/mol. The van der Waals surface area contributed by atoms with Crippen LogP contribution in [-0.4, -0.2) is 41.7 Å². The zero-order chi connectivity index (χ0) is 17.1. The molecule has 0 aromatic rings. The van der Waals surface area contributed by atoms with Gasteiger partial charge in [0.1, 0.15) is 5.54 Å². The third-order valence-corrected chi connectivity index (χ3v) is 4.61. The summed E-state index contributed by atoms with van der Waals surface area (Å²) in [5, 5.41) is 11.9. The van der Waals surface area contributed by atoms with Gasteiger partial charge in [-0.1, -0.05) is 13.8 Å². The van der Waals surface area contributed by atoms with Gasteiger partial charge in [-0.2, -0.15) is 18.4 Å². The Morgan fingerprint density at radius 2 is 1.95 bits per heavy atom. The molecule has 1 aliphatic rings. The molecule has 0 bridgehead atoms. The van der Waals surface area contributed by atoms with E-state index in [-0.39, 0.29) is 18.9 Å². The van der Waals surface area contributed by atoms with E-state index in [0.717, 1.165) is 0 Å². The van der Waals surface area contributed by atoms with Crippen molar-refractivity contribution in [3.63, 3.8) is 0 Å². The van der Waals surface area contributed by atoms with Crippen molar-refractivity contribution in [1.29, 1.82) is 5.26 Å². The van der Waals surface area contributed by atoms with Crippen LogP contribution < -0.4 is 5.32 Å². The Labute approximate surface area is 129 Å². The topological polar surface area (TPSA) is 56.1 Å². The van der Waals surface area contributed by atoms with Crippen molar-refractivity contribution in [3.8, 4) is 6.07 Å². The Balaban J connectivity index is 2.73. The summed E-state index contributed by atoms with van der Waals surface area (Å²) < 4.78 is 38.5. The third-order valence-electron chi connectivity index (χ3n) is 4.61. The maximum absolute atomic E-state index is 12.8. The largest absolute Gasteiger partial charge is 0.393 e. The average Bonchev–Trinajstić information content (AvgIpc) is 2.45. The van der Waals surface area contributed by atoms with E-state index in [9.17, 15) is 23.2 Å². The van der Waals surface area contributed by atoms with Gasteiger partial charge < -0.3 is 5.32 Å². The number of nitrogens with zero attached hydrogens (tertiary/aromatic N) is 2. The number of carbonyl (C=O) groups excluding carboxylic acids is 1. The zero-order valence-electron chi connectivity index (χ0n) is 13.5. The fraction of sp³-hybridized carbons (Fsp3) is 0.867. The van der Waals surface area contributed by atoms with Crippen LogP contribution in [0.3, 0.4) is 0 Å². The van der Waals surface area contributed by atoms with Gasteiger partial charge in [-0.15, -0.1) is 0 Å². The fourth-order valence-electron chi connectivity index (χ4n) is 2.45. The molecule has 3 atom stereocenters. The minimum Gasteiger partial charge on any atom is -0.336 e. The van der Waals surface area contributed by atoms with Gasteiger partial charge in [-0.05, 0) is 39.2 Å². The van der Waals surface area contributed by atoms with Crippen LogP contribution in [0.1, 0.15) is 40.5 Å². The van der Waals surface area contributed by atoms with Crippen LogP contribution in [0.4, 0.5) is 13.2 Å². The summed E-state index contributed by atoms with van der Waals surface area (Å²) in [4.78, 5) is 13.8. The van der Waals surface area contributed by atoms with Crippen molar-refractivity contribution in [2.75, 3.05) is 13.1 Å². The molecule has 1 N–H and O–H groups in total. The summed E-state index contributed by atoms with van der Waals surface area (Å²) in [7, 11) is 0. The molecule has 0 spiro atoms. The van der Waals surface area contributed by atoms with Crippen molar-refractivity contribution in [3.05, 3.63) is 0 Å². The Morgan fingerprint density at radius 3 is 2.41 bits per heavy atom. The highest BCUT2D eigenvalue weighted by atomic mass is 19.4. The first kappa shape index (κ1) is 18.8. The monoisotopic (exact) mass is 319 g/mol. The molecule has 1 heterocycles. The van der Waals surface area contributed by atoms with Crippen LogP contribution in [0.15, 0.2) is 0 Å². The van der Waals surface area contributed by atoms with Crippen molar-refractivity contribution < 1.29 is 18.0 Å². The molecule has 0 aliphatic carbocycles. The molecule has 0 radical (unpaired) electrons. The number of piperidine rings is 1. The Hall–Kier alpha value is -1.29. The van der Waals surface area contributed by atoms with Gasteiger partial charge in [-0.3, -0.25) is 9.69 Å². The SMILES string of the molecule is CC(C)[C@](C)(C#N)NC(=O)[C@@H](C)N1CCC[C@H](C(F)(F)F)C1. The maximum atomic E-state index is 12.8. The lowest BCUT2D eigenvalue weighted by molar-refractivity contribution is -0.189. The Bertz CT molecular complexity index is 444. The molecule has 0 unspecified atom stereocenters. The first-order valence-corrected chi connectivity index (χ1v) is 7.55. The molecule has 1 aliphatic heterocycles. The molecule has 0 aromatic carbocycles. The van der Waals surface area contributed by atoms with Crippen LogP contribution in [-0.2, 0) is 4.79 Å². The van der Waals surface area contributed by atoms with E-state index in [1.165, 1.54) is 0 Å². The van der Waals surface area contributed by atoms with Crippen LogP contribution in [0.2, 0.25) is 0 Å². The Morgan fingerprint density at radius 1 is 1.36 bits per heavy atom. The molecule has 7 heteroatoms. The fourth-order valence-corrected chi connectivity index (χ4v) is 2.45. The summed E-state index contributed by atoms with van der Waals surface area (Å²) in [6.45, 7) is 7.14. The molecule has 1 fully saturated rings. The number of hydrogen-bond acceptors (Lipinski definition) is 3. The van der Waals surface area contributed by atoms with E-state index in [4.69, 9.17) is 0 Å². The normalized spacial score (nSPS) is 24.4. The number of halogens is 3. The van der Waals surface area contributed by atoms with Gasteiger partial charge in [0.15, 0.2) is 0 Å². The number of hydrogen-bond donors (Lipinski definition) is 1. The van der Waals surface area contributed by atoms with E-state index in [1.54, 1.807) is 18.7 Å². The molecule has 22 heavy (non-hydrogen) atoms. The molecule has 0 aromatic heterocycles. The van der Waals surface area contributed by atoms with Gasteiger partial charge in [0.2, 0.25) is 5.91 Å². The molecule has 0 saturated carbocycles. The number of likely N-dealkylation sites (tertiary alicyclic amines) is 1. The standard InChI is InChI=1S/C15H24F3N3O/c1-10(2)14(4,9-19)20-13(22)11(3)21-7-5-6-12(8-21)15(16,17)18/h10-12H,5-8H2,1-4H3,(H,20,22)/t11-,12+,14+/m1/s1. The summed E-state index contributed by atoms with van der Waals surface area (Å²) in [6, 6.07) is 1.39. The van der Waals surface area contributed by atoms with Crippen molar-refractivity contribution in [2.45, 2.75) is 58.3 Å². The lowest BCUT2D eigenvalue weighted by atomic mass is 9.89. The van der Waals surface area contributed by atoms with Crippen LogP contribution >= 0.6 is 0 Å². The number of nitrogens with one attached hydrogen (secondary N) is 1. The van der Waals surface area contributed by atoms with Crippen molar-refractivity contribution >= 4 is 5.91 Å². The Kier molecular flexibility index (Phi) is 5.85. The second-order valence-electron chi connectivity index (χ2n) is 6.51. The quantitative estimate of drug-likeness (QED) is 0.867. The molecular weight excluding hydrogens is 295 g/mol. The first-order valence-electron chi connectivity index (χ1n) is 7.55. The lowest BCUT2D eigenvalue weighted by Gasteiger charge is -2.38. The van der Waals surface area contributed by atoms with Gasteiger partial charge >= 0.3 is 6.18 Å². The summed E-state index contributed by atoms with van der Waals surface area (Å²) in [5.74, 6) is -1.89. The smallest absolute Gasteiger partial charge is 0.336 e. The van der Waals surface area contributed by atoms with Gasteiger partial charge in [0, 0.05) is 6.54 Å². The summed E-state index contributed by atoms with van der Waals surface area (Å²) in [5.41, 5.74) is -1.02. The third kappa shape index (κ3) is 4.35. The predicted molar refractivity (Wildman–Crippen MR) is 76.8 cm³/mol. The van der Waals surface area contributed by atoms with Gasteiger partial charge in [-0.25, -0.2) is 0 Å². The minimum absolute atomic E-state index is 0.0991. The first-order chi connectivity index (χ1) is 10.0. The second-order valence-corrected chi connectivity index (χ2v) is 6.51. The summed E-state index contributed by atoms with van der Waals surface area (Å²) >= 11 is 0. The second kappa shape index (κ2) is 6.86. The lowest BCUT2D eigenvalue weighted by Crippen LogP contribution is -2.57. The molecular formula is C15H24F3N3O. The number of nitriles is 1. The van der Waals surface area contributed by atoms with Crippen molar-refractivity contribution in [1.82, 2.24) is 10.2 Å². The number of carbonyl (C=O) groups is 1. The van der Waals surface area contributed by atoms with E-state index >= 15 is 0 Å². The number of alkyl halides is 3. The van der Waals surface area contributed by atoms with E-state index in [0.29, 0.717) is 13.0 Å². The van der Waals surface area contributed by atoms with Crippen LogP contribution in [0.5, 0.6) is 0 Å². The maximum Gasteiger partial charge on any atom is 0.393 e. The molecule has 4 nitrogen and oxygen atoms in total. The van der Waals surface area contributed by atoms with Crippen LogP contribution in [0, 0.1) is 23.2 Å².